The van der Waals surface area contributed by atoms with E-state index in [1.807, 2.05) is 6.07 Å². The predicted molar refractivity (Wildman–Crippen MR) is 59.0 cm³/mol. The summed E-state index contributed by atoms with van der Waals surface area (Å²) in [5.41, 5.74) is 0. The van der Waals surface area contributed by atoms with Crippen molar-refractivity contribution in [3.63, 3.8) is 0 Å². The van der Waals surface area contributed by atoms with Crippen LogP contribution in [0.2, 0.25) is 0 Å². The molecule has 0 amide bonds. The van der Waals surface area contributed by atoms with Gasteiger partial charge in [-0.2, -0.15) is 4.39 Å². The zero-order valence-electron chi connectivity index (χ0n) is 9.61. The highest BCUT2D eigenvalue weighted by Gasteiger charge is 2.33. The first kappa shape index (κ1) is 12.9. The van der Waals surface area contributed by atoms with E-state index in [-0.39, 0.29) is 13.2 Å². The molecule has 0 saturated carbocycles. The number of rotatable bonds is 7. The second-order valence-corrected chi connectivity index (χ2v) is 3.15. The van der Waals surface area contributed by atoms with E-state index in [4.69, 9.17) is 14.2 Å². The fourth-order valence-electron chi connectivity index (χ4n) is 1.20. The molecule has 3 nitrogen and oxygen atoms in total. The number of benzene rings is 1. The van der Waals surface area contributed by atoms with Crippen molar-refractivity contribution in [2.24, 2.45) is 0 Å². The lowest BCUT2D eigenvalue weighted by atomic mass is 10.3. The third-order valence-corrected chi connectivity index (χ3v) is 1.85. The Hall–Kier alpha value is -1.13. The van der Waals surface area contributed by atoms with Gasteiger partial charge in [0.2, 0.25) is 0 Å². The SMILES string of the molecule is CCOCC(F)(OCC)Oc1ccccc1. The molecule has 16 heavy (non-hydrogen) atoms. The maximum Gasteiger partial charge on any atom is 0.387 e. The fourth-order valence-corrected chi connectivity index (χ4v) is 1.20. The van der Waals surface area contributed by atoms with Crippen molar-refractivity contribution in [2.45, 2.75) is 19.9 Å². The Bertz CT molecular complexity index is 292. The third-order valence-electron chi connectivity index (χ3n) is 1.85. The summed E-state index contributed by atoms with van der Waals surface area (Å²) in [4.78, 5) is 0. The van der Waals surface area contributed by atoms with Gasteiger partial charge in [0.1, 0.15) is 12.4 Å². The van der Waals surface area contributed by atoms with Crippen LogP contribution in [0.4, 0.5) is 4.39 Å². The van der Waals surface area contributed by atoms with E-state index in [1.165, 1.54) is 0 Å². The van der Waals surface area contributed by atoms with Gasteiger partial charge in [-0.05, 0) is 26.0 Å². The van der Waals surface area contributed by atoms with Gasteiger partial charge >= 0.3 is 6.04 Å². The van der Waals surface area contributed by atoms with Crippen LogP contribution in [0.1, 0.15) is 13.8 Å². The monoisotopic (exact) mass is 228 g/mol. The van der Waals surface area contributed by atoms with Gasteiger partial charge in [-0.3, -0.25) is 0 Å². The van der Waals surface area contributed by atoms with Crippen LogP contribution in [0.25, 0.3) is 0 Å². The Balaban J connectivity index is 2.62. The highest BCUT2D eigenvalue weighted by molar-refractivity contribution is 5.21. The summed E-state index contributed by atoms with van der Waals surface area (Å²) in [7, 11) is 0. The van der Waals surface area contributed by atoms with Crippen LogP contribution in [-0.2, 0) is 9.47 Å². The summed E-state index contributed by atoms with van der Waals surface area (Å²) in [5, 5.41) is 0. The molecule has 1 atom stereocenters. The van der Waals surface area contributed by atoms with E-state index in [0.29, 0.717) is 12.4 Å². The molecule has 0 aliphatic heterocycles. The molecular formula is C12H17FO3. The molecular weight excluding hydrogens is 211 g/mol. The van der Waals surface area contributed by atoms with Crippen LogP contribution in [0, 0.1) is 0 Å². The van der Waals surface area contributed by atoms with Crippen LogP contribution in [0.3, 0.4) is 0 Å². The molecule has 1 rings (SSSR count). The normalized spacial score (nSPS) is 14.4. The molecule has 4 heteroatoms. The number of hydrogen-bond donors (Lipinski definition) is 0. The van der Waals surface area contributed by atoms with E-state index in [1.54, 1.807) is 38.1 Å². The van der Waals surface area contributed by atoms with Crippen LogP contribution in [-0.4, -0.2) is 25.9 Å². The molecule has 0 aliphatic carbocycles. The standard InChI is InChI=1S/C12H17FO3/c1-3-14-10-12(13,15-4-2)16-11-8-6-5-7-9-11/h5-9H,3-4,10H2,1-2H3. The van der Waals surface area contributed by atoms with Crippen molar-refractivity contribution in [1.29, 1.82) is 0 Å². The molecule has 90 valence electrons. The van der Waals surface area contributed by atoms with E-state index in [9.17, 15) is 4.39 Å². The lowest BCUT2D eigenvalue weighted by Crippen LogP contribution is -2.39. The molecule has 0 aliphatic rings. The Labute approximate surface area is 95.1 Å². The van der Waals surface area contributed by atoms with E-state index >= 15 is 0 Å². The van der Waals surface area contributed by atoms with Crippen molar-refractivity contribution in [1.82, 2.24) is 0 Å². The maximum atomic E-state index is 14.1. The van der Waals surface area contributed by atoms with Crippen LogP contribution in [0.5, 0.6) is 5.75 Å². The minimum absolute atomic E-state index is 0.219. The quantitative estimate of drug-likeness (QED) is 0.672. The highest BCUT2D eigenvalue weighted by atomic mass is 19.2. The van der Waals surface area contributed by atoms with Crippen LogP contribution in [0.15, 0.2) is 30.3 Å². The molecule has 0 spiro atoms. The number of hydrogen-bond acceptors (Lipinski definition) is 3. The van der Waals surface area contributed by atoms with E-state index in [2.05, 4.69) is 0 Å². The average molecular weight is 228 g/mol. The molecule has 1 unspecified atom stereocenters. The van der Waals surface area contributed by atoms with Crippen molar-refractivity contribution in [2.75, 3.05) is 19.8 Å². The van der Waals surface area contributed by atoms with Crippen LogP contribution >= 0.6 is 0 Å². The first-order valence-electron chi connectivity index (χ1n) is 5.35. The van der Waals surface area contributed by atoms with Gasteiger partial charge < -0.3 is 14.2 Å². The molecule has 0 N–H and O–H groups in total. The first-order valence-corrected chi connectivity index (χ1v) is 5.35. The second kappa shape index (κ2) is 6.45. The summed E-state index contributed by atoms with van der Waals surface area (Å²) in [6.07, 6.45) is 0. The Morgan fingerprint density at radius 2 is 1.81 bits per heavy atom. The van der Waals surface area contributed by atoms with Gasteiger partial charge in [0.05, 0.1) is 6.61 Å². The summed E-state index contributed by atoms with van der Waals surface area (Å²) in [6.45, 7) is 3.88. The maximum absolute atomic E-state index is 14.1. The molecule has 0 radical (unpaired) electrons. The Morgan fingerprint density at radius 1 is 1.12 bits per heavy atom. The number of para-hydroxylation sites is 1. The summed E-state index contributed by atoms with van der Waals surface area (Å²) in [6, 6.07) is 6.48. The average Bonchev–Trinajstić information content (AvgIpc) is 2.28. The molecule has 0 saturated heterocycles. The number of halogens is 1. The number of ether oxygens (including phenoxy) is 3. The Morgan fingerprint density at radius 3 is 2.38 bits per heavy atom. The fraction of sp³-hybridized carbons (Fsp3) is 0.500. The van der Waals surface area contributed by atoms with Crippen molar-refractivity contribution < 1.29 is 18.6 Å². The first-order chi connectivity index (χ1) is 7.70. The second-order valence-electron chi connectivity index (χ2n) is 3.15. The topological polar surface area (TPSA) is 27.7 Å². The van der Waals surface area contributed by atoms with Crippen molar-refractivity contribution in [3.05, 3.63) is 30.3 Å². The van der Waals surface area contributed by atoms with Crippen molar-refractivity contribution in [3.8, 4) is 5.75 Å². The molecule has 0 fully saturated rings. The molecule has 0 bridgehead atoms. The minimum Gasteiger partial charge on any atom is -0.434 e. The highest BCUT2D eigenvalue weighted by Crippen LogP contribution is 2.21. The molecule has 0 heterocycles. The van der Waals surface area contributed by atoms with E-state index in [0.717, 1.165) is 0 Å². The van der Waals surface area contributed by atoms with Gasteiger partial charge in [0, 0.05) is 6.61 Å². The minimum atomic E-state index is -2.22. The Kier molecular flexibility index (Phi) is 5.22. The molecule has 1 aromatic carbocycles. The molecule has 1 aromatic rings. The number of alkyl halides is 1. The van der Waals surface area contributed by atoms with Gasteiger partial charge in [-0.15, -0.1) is 0 Å². The van der Waals surface area contributed by atoms with Gasteiger partial charge in [0.25, 0.3) is 0 Å². The summed E-state index contributed by atoms with van der Waals surface area (Å²) < 4.78 is 29.1. The lowest BCUT2D eigenvalue weighted by Gasteiger charge is -2.25. The van der Waals surface area contributed by atoms with Gasteiger partial charge in [-0.25, -0.2) is 0 Å². The summed E-state index contributed by atoms with van der Waals surface area (Å²) >= 11 is 0. The predicted octanol–water partition coefficient (Wildman–Crippen LogP) is 2.76. The van der Waals surface area contributed by atoms with Crippen LogP contribution < -0.4 is 4.74 Å². The van der Waals surface area contributed by atoms with Crippen molar-refractivity contribution >= 4 is 0 Å². The summed E-state index contributed by atoms with van der Waals surface area (Å²) in [5.74, 6) is 0.415. The lowest BCUT2D eigenvalue weighted by molar-refractivity contribution is -0.291. The third kappa shape index (κ3) is 4.16. The zero-order valence-corrected chi connectivity index (χ0v) is 9.61. The van der Waals surface area contributed by atoms with Gasteiger partial charge in [0.15, 0.2) is 0 Å². The smallest absolute Gasteiger partial charge is 0.387 e. The largest absolute Gasteiger partial charge is 0.434 e. The van der Waals surface area contributed by atoms with Gasteiger partial charge in [-0.1, -0.05) is 18.2 Å². The molecule has 0 aromatic heterocycles. The zero-order chi connectivity index (χ0) is 11.9. The van der Waals surface area contributed by atoms with E-state index < -0.39 is 6.04 Å².